The van der Waals surface area contributed by atoms with Gasteiger partial charge in [-0.1, -0.05) is 31.2 Å². The van der Waals surface area contributed by atoms with Gasteiger partial charge in [-0.3, -0.25) is 5.73 Å². The van der Waals surface area contributed by atoms with Crippen LogP contribution in [0.3, 0.4) is 0 Å². The van der Waals surface area contributed by atoms with E-state index in [0.29, 0.717) is 5.84 Å². The lowest BCUT2D eigenvalue weighted by Gasteiger charge is -2.37. The zero-order valence-electron chi connectivity index (χ0n) is 11.7. The van der Waals surface area contributed by atoms with E-state index in [-0.39, 0.29) is 11.7 Å². The average molecular weight is 284 g/mol. The third-order valence-corrected chi connectivity index (χ3v) is 3.87. The molecule has 4 nitrogen and oxygen atoms in total. The Hall–Kier alpha value is -2.40. The molecule has 0 saturated carbocycles. The Bertz CT molecular complexity index is 696. The summed E-state index contributed by atoms with van der Waals surface area (Å²) in [4.78, 5) is 4.42. The summed E-state index contributed by atoms with van der Waals surface area (Å²) in [5.74, 6) is -1.11. The molecule has 2 aromatic rings. The highest BCUT2D eigenvalue weighted by Crippen LogP contribution is 2.33. The minimum Gasteiger partial charge on any atom is -0.383 e. The number of para-hydroxylation sites is 1. The van der Waals surface area contributed by atoms with Gasteiger partial charge in [0, 0.05) is 17.2 Å². The first-order chi connectivity index (χ1) is 9.99. The van der Waals surface area contributed by atoms with Crippen molar-refractivity contribution in [2.75, 3.05) is 5.32 Å². The summed E-state index contributed by atoms with van der Waals surface area (Å²) in [6.45, 7) is 1.94. The van der Waals surface area contributed by atoms with Gasteiger partial charge in [0.2, 0.25) is 0 Å². The number of aliphatic imine (C=N–C) groups is 1. The van der Waals surface area contributed by atoms with E-state index >= 15 is 0 Å². The van der Waals surface area contributed by atoms with Gasteiger partial charge >= 0.3 is 0 Å². The molecule has 0 fully saturated rings. The first-order valence-electron chi connectivity index (χ1n) is 6.77. The van der Waals surface area contributed by atoms with Crippen LogP contribution >= 0.6 is 0 Å². The summed E-state index contributed by atoms with van der Waals surface area (Å²) >= 11 is 0. The molecule has 1 aliphatic heterocycles. The quantitative estimate of drug-likeness (QED) is 0.792. The predicted molar refractivity (Wildman–Crippen MR) is 82.5 cm³/mol. The SMILES string of the molecule is C[C@@H](c1ccc(F)cc1)C1(N)N=C(N)c2ccccc2N1. The minimum absolute atomic E-state index is 0.176. The Labute approximate surface area is 122 Å². The Morgan fingerprint density at radius 3 is 2.52 bits per heavy atom. The fourth-order valence-electron chi connectivity index (χ4n) is 2.53. The second kappa shape index (κ2) is 4.86. The number of nitrogens with one attached hydrogen (secondary N) is 1. The molecule has 2 aromatic carbocycles. The van der Waals surface area contributed by atoms with E-state index in [4.69, 9.17) is 11.5 Å². The Balaban J connectivity index is 1.99. The van der Waals surface area contributed by atoms with Crippen LogP contribution in [-0.4, -0.2) is 11.6 Å². The van der Waals surface area contributed by atoms with Crippen LogP contribution in [-0.2, 0) is 0 Å². The summed E-state index contributed by atoms with van der Waals surface area (Å²) in [5, 5.41) is 3.23. The fourth-order valence-corrected chi connectivity index (χ4v) is 2.53. The molecule has 0 radical (unpaired) electrons. The first-order valence-corrected chi connectivity index (χ1v) is 6.77. The maximum atomic E-state index is 13.1. The van der Waals surface area contributed by atoms with E-state index in [0.717, 1.165) is 16.8 Å². The van der Waals surface area contributed by atoms with Crippen LogP contribution in [0.1, 0.15) is 24.0 Å². The van der Waals surface area contributed by atoms with Crippen molar-refractivity contribution in [3.05, 3.63) is 65.5 Å². The van der Waals surface area contributed by atoms with Crippen molar-refractivity contribution < 1.29 is 4.39 Å². The second-order valence-corrected chi connectivity index (χ2v) is 5.27. The molecule has 1 heterocycles. The molecule has 0 spiro atoms. The lowest BCUT2D eigenvalue weighted by Crippen LogP contribution is -2.53. The van der Waals surface area contributed by atoms with Crippen molar-refractivity contribution in [2.45, 2.75) is 18.6 Å². The van der Waals surface area contributed by atoms with E-state index in [2.05, 4.69) is 10.3 Å². The molecule has 0 aromatic heterocycles. The minimum atomic E-state index is -1.06. The molecule has 3 rings (SSSR count). The monoisotopic (exact) mass is 284 g/mol. The molecule has 5 N–H and O–H groups in total. The molecule has 0 amide bonds. The number of benzene rings is 2. The van der Waals surface area contributed by atoms with Gasteiger partial charge in [-0.25, -0.2) is 9.38 Å². The number of hydrogen-bond donors (Lipinski definition) is 3. The Kier molecular flexibility index (Phi) is 3.14. The Morgan fingerprint density at radius 1 is 1.14 bits per heavy atom. The normalized spacial score (nSPS) is 22.0. The largest absolute Gasteiger partial charge is 0.383 e. The molecule has 108 valence electrons. The van der Waals surface area contributed by atoms with Gasteiger partial charge in [-0.2, -0.15) is 0 Å². The number of halogens is 1. The molecule has 0 bridgehead atoms. The summed E-state index contributed by atoms with van der Waals surface area (Å²) in [6, 6.07) is 13.9. The summed E-state index contributed by atoms with van der Waals surface area (Å²) < 4.78 is 13.1. The molecule has 1 unspecified atom stereocenters. The highest BCUT2D eigenvalue weighted by atomic mass is 19.1. The van der Waals surface area contributed by atoms with Crippen molar-refractivity contribution in [3.63, 3.8) is 0 Å². The van der Waals surface area contributed by atoms with Gasteiger partial charge in [0.25, 0.3) is 0 Å². The van der Waals surface area contributed by atoms with E-state index in [1.54, 1.807) is 12.1 Å². The third-order valence-electron chi connectivity index (χ3n) is 3.87. The first kappa shape index (κ1) is 13.6. The molecule has 5 heteroatoms. The highest BCUT2D eigenvalue weighted by molar-refractivity contribution is 6.04. The van der Waals surface area contributed by atoms with Crippen LogP contribution in [0.15, 0.2) is 53.5 Å². The molecule has 0 aliphatic carbocycles. The zero-order chi connectivity index (χ0) is 15.0. The van der Waals surface area contributed by atoms with Crippen molar-refractivity contribution in [1.29, 1.82) is 0 Å². The number of nitrogens with zero attached hydrogens (tertiary/aromatic N) is 1. The van der Waals surface area contributed by atoms with Gasteiger partial charge in [-0.05, 0) is 29.8 Å². The van der Waals surface area contributed by atoms with Gasteiger partial charge in [0.1, 0.15) is 11.7 Å². The molecule has 1 aliphatic rings. The average Bonchev–Trinajstić information content (AvgIpc) is 2.47. The van der Waals surface area contributed by atoms with E-state index in [1.165, 1.54) is 12.1 Å². The highest BCUT2D eigenvalue weighted by Gasteiger charge is 2.36. The predicted octanol–water partition coefficient (Wildman–Crippen LogP) is 2.37. The van der Waals surface area contributed by atoms with Gasteiger partial charge in [0.15, 0.2) is 5.79 Å². The number of anilines is 1. The summed E-state index contributed by atoms with van der Waals surface area (Å²) in [6.07, 6.45) is 0. The van der Waals surface area contributed by atoms with Gasteiger partial charge in [0.05, 0.1) is 0 Å². The molecular weight excluding hydrogens is 267 g/mol. The Morgan fingerprint density at radius 2 is 1.81 bits per heavy atom. The number of amidine groups is 1. The summed E-state index contributed by atoms with van der Waals surface area (Å²) in [5.41, 5.74) is 15.0. The van der Waals surface area contributed by atoms with Crippen molar-refractivity contribution in [1.82, 2.24) is 0 Å². The number of rotatable bonds is 2. The van der Waals surface area contributed by atoms with Crippen LogP contribution in [0.2, 0.25) is 0 Å². The molecule has 2 atom stereocenters. The number of hydrogen-bond acceptors (Lipinski definition) is 4. The van der Waals surface area contributed by atoms with Crippen LogP contribution in [0.5, 0.6) is 0 Å². The molecular formula is C16H17FN4. The van der Waals surface area contributed by atoms with Crippen LogP contribution < -0.4 is 16.8 Å². The van der Waals surface area contributed by atoms with Gasteiger partial charge < -0.3 is 11.1 Å². The van der Waals surface area contributed by atoms with Crippen LogP contribution in [0.25, 0.3) is 0 Å². The van der Waals surface area contributed by atoms with Crippen LogP contribution in [0.4, 0.5) is 10.1 Å². The van der Waals surface area contributed by atoms with E-state index in [1.807, 2.05) is 31.2 Å². The zero-order valence-corrected chi connectivity index (χ0v) is 11.7. The maximum Gasteiger partial charge on any atom is 0.191 e. The molecule has 0 saturated heterocycles. The lowest BCUT2D eigenvalue weighted by molar-refractivity contribution is 0.425. The van der Waals surface area contributed by atoms with E-state index < -0.39 is 5.79 Å². The van der Waals surface area contributed by atoms with Crippen molar-refractivity contribution >= 4 is 11.5 Å². The van der Waals surface area contributed by atoms with Crippen LogP contribution in [0, 0.1) is 5.82 Å². The van der Waals surface area contributed by atoms with E-state index in [9.17, 15) is 4.39 Å². The number of nitrogens with two attached hydrogens (primary N) is 2. The van der Waals surface area contributed by atoms with Crippen molar-refractivity contribution in [2.24, 2.45) is 16.5 Å². The summed E-state index contributed by atoms with van der Waals surface area (Å²) in [7, 11) is 0. The third kappa shape index (κ3) is 2.36. The fraction of sp³-hybridized carbons (Fsp3) is 0.188. The number of fused-ring (bicyclic) bond motifs is 1. The standard InChI is InChI=1S/C16H17FN4/c1-10(11-6-8-12(17)9-7-11)16(19)20-14-5-3-2-4-13(14)15(18)21-16/h2-10,20H,19H2,1H3,(H2,18,21)/t10-,16?/m0/s1. The lowest BCUT2D eigenvalue weighted by atomic mass is 9.92. The smallest absolute Gasteiger partial charge is 0.191 e. The van der Waals surface area contributed by atoms with Crippen molar-refractivity contribution in [3.8, 4) is 0 Å². The van der Waals surface area contributed by atoms with Gasteiger partial charge in [-0.15, -0.1) is 0 Å². The molecule has 21 heavy (non-hydrogen) atoms. The second-order valence-electron chi connectivity index (χ2n) is 5.27. The topological polar surface area (TPSA) is 76.4 Å². The maximum absolute atomic E-state index is 13.1.